The van der Waals surface area contributed by atoms with Gasteiger partial charge in [0, 0.05) is 24.4 Å². The van der Waals surface area contributed by atoms with Crippen molar-refractivity contribution in [2.75, 3.05) is 0 Å². The second-order valence-electron chi connectivity index (χ2n) is 5.25. The highest BCUT2D eigenvalue weighted by atomic mass is 16.2. The van der Waals surface area contributed by atoms with Gasteiger partial charge in [-0.25, -0.2) is 0 Å². The van der Waals surface area contributed by atoms with E-state index in [1.807, 2.05) is 38.1 Å². The average molecular weight is 275 g/mol. The van der Waals surface area contributed by atoms with Crippen LogP contribution in [0.5, 0.6) is 0 Å². The second-order valence-corrected chi connectivity index (χ2v) is 5.25. The largest absolute Gasteiger partial charge is 0.354 e. The molecule has 1 N–H and O–H groups in total. The quantitative estimate of drug-likeness (QED) is 0.738. The summed E-state index contributed by atoms with van der Waals surface area (Å²) < 4.78 is 0. The molecule has 1 aromatic rings. The number of ketones is 1. The lowest BCUT2D eigenvalue weighted by molar-refractivity contribution is -0.121. The summed E-state index contributed by atoms with van der Waals surface area (Å²) in [5, 5.41) is 2.87. The van der Waals surface area contributed by atoms with Gasteiger partial charge in [-0.3, -0.25) is 9.59 Å². The predicted octanol–water partition coefficient (Wildman–Crippen LogP) is 3.52. The zero-order valence-electron chi connectivity index (χ0n) is 12.7. The monoisotopic (exact) mass is 275 g/mol. The molecule has 0 radical (unpaired) electrons. The van der Waals surface area contributed by atoms with Crippen LogP contribution in [-0.2, 0) is 11.2 Å². The number of Topliss-reactive ketones (excluding diaryl/α,β-unsaturated/α-hetero) is 1. The summed E-state index contributed by atoms with van der Waals surface area (Å²) in [4.78, 5) is 23.6. The van der Waals surface area contributed by atoms with Crippen molar-refractivity contribution in [3.05, 3.63) is 35.4 Å². The highest BCUT2D eigenvalue weighted by molar-refractivity contribution is 5.97. The summed E-state index contributed by atoms with van der Waals surface area (Å²) >= 11 is 0. The molecule has 1 rings (SSSR count). The molecule has 0 bridgehead atoms. The minimum Gasteiger partial charge on any atom is -0.354 e. The summed E-state index contributed by atoms with van der Waals surface area (Å²) in [5.74, 6) is -0.0114. The van der Waals surface area contributed by atoms with Gasteiger partial charge in [-0.1, -0.05) is 44.5 Å². The van der Waals surface area contributed by atoms with E-state index < -0.39 is 0 Å². The predicted molar refractivity (Wildman–Crippen MR) is 81.9 cm³/mol. The van der Waals surface area contributed by atoms with Crippen LogP contribution in [0.1, 0.15) is 62.4 Å². The third kappa shape index (κ3) is 5.55. The van der Waals surface area contributed by atoms with Crippen LogP contribution in [0.2, 0.25) is 0 Å². The van der Waals surface area contributed by atoms with Gasteiger partial charge in [-0.05, 0) is 25.3 Å². The van der Waals surface area contributed by atoms with Crippen molar-refractivity contribution >= 4 is 11.7 Å². The first-order valence-electron chi connectivity index (χ1n) is 7.48. The molecular formula is C17H25NO2. The van der Waals surface area contributed by atoms with Gasteiger partial charge in [0.2, 0.25) is 5.91 Å². The van der Waals surface area contributed by atoms with E-state index in [1.165, 1.54) is 5.56 Å². The molecule has 0 aliphatic carbocycles. The number of carbonyl (C=O) groups excluding carboxylic acids is 2. The van der Waals surface area contributed by atoms with Crippen LogP contribution in [0.25, 0.3) is 0 Å². The summed E-state index contributed by atoms with van der Waals surface area (Å²) in [6.45, 7) is 6.12. The normalized spacial score (nSPS) is 11.9. The average Bonchev–Trinajstić information content (AvgIpc) is 2.45. The fraction of sp³-hybridized carbons (Fsp3) is 0.529. The molecule has 1 unspecified atom stereocenters. The first-order chi connectivity index (χ1) is 9.56. The molecule has 1 atom stereocenters. The van der Waals surface area contributed by atoms with Gasteiger partial charge < -0.3 is 5.32 Å². The molecule has 20 heavy (non-hydrogen) atoms. The first-order valence-corrected chi connectivity index (χ1v) is 7.48. The molecule has 3 nitrogen and oxygen atoms in total. The Labute approximate surface area is 121 Å². The van der Waals surface area contributed by atoms with E-state index in [4.69, 9.17) is 0 Å². The van der Waals surface area contributed by atoms with Crippen molar-refractivity contribution < 1.29 is 9.59 Å². The van der Waals surface area contributed by atoms with Crippen LogP contribution < -0.4 is 5.32 Å². The molecule has 1 aromatic carbocycles. The van der Waals surface area contributed by atoms with E-state index in [0.717, 1.165) is 19.3 Å². The molecule has 0 saturated carbocycles. The summed E-state index contributed by atoms with van der Waals surface area (Å²) in [6.07, 6.45) is 3.57. The molecule has 0 aliphatic heterocycles. The highest BCUT2D eigenvalue weighted by Gasteiger charge is 2.10. The van der Waals surface area contributed by atoms with Crippen molar-refractivity contribution in [2.24, 2.45) is 0 Å². The third-order valence-corrected chi connectivity index (χ3v) is 3.41. The van der Waals surface area contributed by atoms with Crippen molar-refractivity contribution in [3.63, 3.8) is 0 Å². The molecule has 0 fully saturated rings. The van der Waals surface area contributed by atoms with Crippen LogP contribution in [0.3, 0.4) is 0 Å². The zero-order chi connectivity index (χ0) is 15.0. The maximum absolute atomic E-state index is 12.0. The Kier molecular flexibility index (Phi) is 6.99. The lowest BCUT2D eigenvalue weighted by atomic mass is 10.0. The summed E-state index contributed by atoms with van der Waals surface area (Å²) in [7, 11) is 0. The molecule has 0 spiro atoms. The Hall–Kier alpha value is -1.64. The lowest BCUT2D eigenvalue weighted by Crippen LogP contribution is -2.32. The number of nitrogens with one attached hydrogen (secondary N) is 1. The molecular weight excluding hydrogens is 250 g/mol. The lowest BCUT2D eigenvalue weighted by Gasteiger charge is -2.10. The first kappa shape index (κ1) is 16.4. The number of aryl methyl sites for hydroxylation is 1. The SMILES string of the molecule is CCCc1ccc(C(=O)CCC(=O)NC(C)CC)cc1. The third-order valence-electron chi connectivity index (χ3n) is 3.41. The zero-order valence-corrected chi connectivity index (χ0v) is 12.7. The maximum atomic E-state index is 12.0. The Bertz CT molecular complexity index is 437. The number of carbonyl (C=O) groups is 2. The van der Waals surface area contributed by atoms with Crippen LogP contribution >= 0.6 is 0 Å². The van der Waals surface area contributed by atoms with E-state index in [0.29, 0.717) is 5.56 Å². The molecule has 1 amide bonds. The second kappa shape index (κ2) is 8.51. The smallest absolute Gasteiger partial charge is 0.220 e. The van der Waals surface area contributed by atoms with Crippen LogP contribution in [0.4, 0.5) is 0 Å². The molecule has 0 aromatic heterocycles. The van der Waals surface area contributed by atoms with E-state index in [9.17, 15) is 9.59 Å². The van der Waals surface area contributed by atoms with Gasteiger partial charge in [0.1, 0.15) is 0 Å². The summed E-state index contributed by atoms with van der Waals surface area (Å²) in [5.41, 5.74) is 1.94. The molecule has 110 valence electrons. The Morgan fingerprint density at radius 3 is 2.30 bits per heavy atom. The van der Waals surface area contributed by atoms with Crippen molar-refractivity contribution in [1.82, 2.24) is 5.32 Å². The standard InChI is InChI=1S/C17H25NO2/c1-4-6-14-7-9-15(10-8-14)16(19)11-12-17(20)18-13(3)5-2/h7-10,13H,4-6,11-12H2,1-3H3,(H,18,20). The molecule has 3 heteroatoms. The molecule has 0 heterocycles. The van der Waals surface area contributed by atoms with E-state index >= 15 is 0 Å². The Morgan fingerprint density at radius 2 is 1.75 bits per heavy atom. The van der Waals surface area contributed by atoms with E-state index in [-0.39, 0.29) is 30.6 Å². The van der Waals surface area contributed by atoms with Crippen LogP contribution in [0.15, 0.2) is 24.3 Å². The molecule has 0 aliphatic rings. The van der Waals surface area contributed by atoms with Crippen molar-refractivity contribution in [1.29, 1.82) is 0 Å². The number of amides is 1. The number of hydrogen-bond donors (Lipinski definition) is 1. The molecule has 0 saturated heterocycles. The van der Waals surface area contributed by atoms with Gasteiger partial charge >= 0.3 is 0 Å². The Balaban J connectivity index is 2.44. The van der Waals surface area contributed by atoms with E-state index in [1.54, 1.807) is 0 Å². The van der Waals surface area contributed by atoms with Crippen LogP contribution in [-0.4, -0.2) is 17.7 Å². The van der Waals surface area contributed by atoms with Gasteiger partial charge in [-0.2, -0.15) is 0 Å². The van der Waals surface area contributed by atoms with Gasteiger partial charge in [0.25, 0.3) is 0 Å². The van der Waals surface area contributed by atoms with Crippen LogP contribution in [0, 0.1) is 0 Å². The highest BCUT2D eigenvalue weighted by Crippen LogP contribution is 2.10. The van der Waals surface area contributed by atoms with Gasteiger partial charge in [0.05, 0.1) is 0 Å². The number of benzene rings is 1. The Morgan fingerprint density at radius 1 is 1.10 bits per heavy atom. The fourth-order valence-corrected chi connectivity index (χ4v) is 1.97. The minimum absolute atomic E-state index is 0.0346. The van der Waals surface area contributed by atoms with Gasteiger partial charge in [0.15, 0.2) is 5.78 Å². The minimum atomic E-state index is -0.0460. The maximum Gasteiger partial charge on any atom is 0.220 e. The van der Waals surface area contributed by atoms with Crippen molar-refractivity contribution in [3.8, 4) is 0 Å². The fourth-order valence-electron chi connectivity index (χ4n) is 1.97. The van der Waals surface area contributed by atoms with E-state index in [2.05, 4.69) is 12.2 Å². The van der Waals surface area contributed by atoms with Gasteiger partial charge in [-0.15, -0.1) is 0 Å². The summed E-state index contributed by atoms with van der Waals surface area (Å²) in [6, 6.07) is 7.89. The topological polar surface area (TPSA) is 46.2 Å². The number of hydrogen-bond acceptors (Lipinski definition) is 2. The number of rotatable bonds is 8. The van der Waals surface area contributed by atoms with Crippen molar-refractivity contribution in [2.45, 2.75) is 58.9 Å².